The van der Waals surface area contributed by atoms with Gasteiger partial charge in [0.15, 0.2) is 0 Å². The number of hydrogen-bond donors (Lipinski definition) is 3. The molecule has 0 aliphatic heterocycles. The van der Waals surface area contributed by atoms with E-state index in [4.69, 9.17) is 14.8 Å². The quantitative estimate of drug-likeness (QED) is 0.686. The first-order valence-corrected chi connectivity index (χ1v) is 5.66. The molecule has 0 saturated heterocycles. The molecule has 5 nitrogen and oxygen atoms in total. The third-order valence-electron chi connectivity index (χ3n) is 2.18. The zero-order chi connectivity index (χ0) is 13.9. The molecule has 0 atom stereocenters. The highest BCUT2D eigenvalue weighted by Crippen LogP contribution is 2.15. The highest BCUT2D eigenvalue weighted by Gasteiger charge is 2.17. The topological polar surface area (TPSA) is 78.8 Å². The average Bonchev–Trinajstić information content (AvgIpc) is 2.17. The lowest BCUT2D eigenvalue weighted by molar-refractivity contribution is 0.0636. The Hall–Kier alpha value is -1.53. The second-order valence-corrected chi connectivity index (χ2v) is 5.07. The first-order valence-electron chi connectivity index (χ1n) is 5.66. The van der Waals surface area contributed by atoms with E-state index in [0.29, 0.717) is 11.2 Å². The van der Waals surface area contributed by atoms with Gasteiger partial charge in [-0.05, 0) is 44.8 Å². The SMILES string of the molecule is Cc1cc(B(O)O)ccc1NC(=O)OC(C)(C)C. The van der Waals surface area contributed by atoms with Gasteiger partial charge in [0.05, 0.1) is 0 Å². The summed E-state index contributed by atoms with van der Waals surface area (Å²) in [7, 11) is -1.51. The van der Waals surface area contributed by atoms with E-state index < -0.39 is 18.8 Å². The fourth-order valence-electron chi connectivity index (χ4n) is 1.40. The zero-order valence-electron chi connectivity index (χ0n) is 11.0. The van der Waals surface area contributed by atoms with E-state index in [9.17, 15) is 4.79 Å². The van der Waals surface area contributed by atoms with Crippen molar-refractivity contribution >= 4 is 24.4 Å². The van der Waals surface area contributed by atoms with Crippen LogP contribution in [0.5, 0.6) is 0 Å². The standard InChI is InChI=1S/C12H18BNO4/c1-8-7-9(13(16)17)5-6-10(8)14-11(15)18-12(2,3)4/h5-7,16-17H,1-4H3,(H,14,15). The van der Waals surface area contributed by atoms with Gasteiger partial charge in [0.2, 0.25) is 0 Å². The summed E-state index contributed by atoms with van der Waals surface area (Å²) < 4.78 is 5.13. The van der Waals surface area contributed by atoms with Crippen LogP contribution in [-0.4, -0.2) is 28.9 Å². The monoisotopic (exact) mass is 251 g/mol. The predicted molar refractivity (Wildman–Crippen MR) is 70.9 cm³/mol. The van der Waals surface area contributed by atoms with Crippen LogP contribution >= 0.6 is 0 Å². The number of nitrogens with one attached hydrogen (secondary N) is 1. The average molecular weight is 251 g/mol. The third kappa shape index (κ3) is 4.39. The van der Waals surface area contributed by atoms with Crippen molar-refractivity contribution in [2.24, 2.45) is 0 Å². The van der Waals surface area contributed by atoms with E-state index in [1.807, 2.05) is 0 Å². The van der Waals surface area contributed by atoms with Crippen LogP contribution in [0.3, 0.4) is 0 Å². The number of carbonyl (C=O) groups excluding carboxylic acids is 1. The van der Waals surface area contributed by atoms with Crippen LogP contribution in [0.15, 0.2) is 18.2 Å². The van der Waals surface area contributed by atoms with E-state index in [0.717, 1.165) is 5.56 Å². The van der Waals surface area contributed by atoms with Gasteiger partial charge < -0.3 is 14.8 Å². The zero-order valence-corrected chi connectivity index (χ0v) is 11.0. The number of benzene rings is 1. The molecule has 18 heavy (non-hydrogen) atoms. The Morgan fingerprint density at radius 3 is 2.39 bits per heavy atom. The molecule has 0 bridgehead atoms. The molecule has 1 aromatic rings. The molecule has 6 heteroatoms. The summed E-state index contributed by atoms with van der Waals surface area (Å²) >= 11 is 0. The Labute approximate surface area is 107 Å². The van der Waals surface area contributed by atoms with Crippen LogP contribution in [0.4, 0.5) is 10.5 Å². The fraction of sp³-hybridized carbons (Fsp3) is 0.417. The summed E-state index contributed by atoms with van der Waals surface area (Å²) in [5.41, 5.74) is 1.13. The number of anilines is 1. The molecule has 0 heterocycles. The van der Waals surface area contributed by atoms with Gasteiger partial charge >= 0.3 is 13.2 Å². The van der Waals surface area contributed by atoms with Crippen molar-refractivity contribution in [2.45, 2.75) is 33.3 Å². The van der Waals surface area contributed by atoms with Gasteiger partial charge in [-0.25, -0.2) is 4.79 Å². The second kappa shape index (κ2) is 5.41. The number of amides is 1. The van der Waals surface area contributed by atoms with E-state index in [2.05, 4.69) is 5.32 Å². The lowest BCUT2D eigenvalue weighted by Crippen LogP contribution is -2.30. The van der Waals surface area contributed by atoms with Crippen molar-refractivity contribution in [1.29, 1.82) is 0 Å². The summed E-state index contributed by atoms with van der Waals surface area (Å²) in [5, 5.41) is 20.6. The van der Waals surface area contributed by atoms with E-state index >= 15 is 0 Å². The minimum atomic E-state index is -1.51. The van der Waals surface area contributed by atoms with E-state index in [-0.39, 0.29) is 0 Å². The number of aryl methyl sites for hydroxylation is 1. The van der Waals surface area contributed by atoms with Gasteiger partial charge in [-0.2, -0.15) is 0 Å². The van der Waals surface area contributed by atoms with Gasteiger partial charge in [0.1, 0.15) is 5.60 Å². The molecule has 1 amide bonds. The molecule has 98 valence electrons. The lowest BCUT2D eigenvalue weighted by atomic mass is 9.79. The largest absolute Gasteiger partial charge is 0.488 e. The van der Waals surface area contributed by atoms with Crippen LogP contribution < -0.4 is 10.8 Å². The Morgan fingerprint density at radius 2 is 1.94 bits per heavy atom. The molecule has 0 saturated carbocycles. The molecule has 0 aliphatic carbocycles. The second-order valence-electron chi connectivity index (χ2n) is 5.07. The number of hydrogen-bond acceptors (Lipinski definition) is 4. The Balaban J connectivity index is 2.77. The maximum atomic E-state index is 11.6. The summed E-state index contributed by atoms with van der Waals surface area (Å²) in [6, 6.07) is 4.73. The molecule has 0 spiro atoms. The van der Waals surface area contributed by atoms with Gasteiger partial charge in [-0.3, -0.25) is 5.32 Å². The normalized spacial score (nSPS) is 11.0. The van der Waals surface area contributed by atoms with Gasteiger partial charge in [0, 0.05) is 5.69 Å². The van der Waals surface area contributed by atoms with E-state index in [1.54, 1.807) is 39.8 Å². The first-order chi connectivity index (χ1) is 8.19. The molecule has 1 aromatic carbocycles. The Kier molecular flexibility index (Phi) is 4.37. The molecule has 0 fully saturated rings. The minimum Gasteiger partial charge on any atom is -0.444 e. The Morgan fingerprint density at radius 1 is 1.33 bits per heavy atom. The van der Waals surface area contributed by atoms with Gasteiger partial charge in [-0.15, -0.1) is 0 Å². The highest BCUT2D eigenvalue weighted by atomic mass is 16.6. The van der Waals surface area contributed by atoms with E-state index in [1.165, 1.54) is 6.07 Å². The highest BCUT2D eigenvalue weighted by molar-refractivity contribution is 6.58. The van der Waals surface area contributed by atoms with Crippen molar-refractivity contribution in [2.75, 3.05) is 5.32 Å². The van der Waals surface area contributed by atoms with Crippen molar-refractivity contribution in [3.8, 4) is 0 Å². The van der Waals surface area contributed by atoms with Crippen LogP contribution in [0.25, 0.3) is 0 Å². The third-order valence-corrected chi connectivity index (χ3v) is 2.18. The smallest absolute Gasteiger partial charge is 0.444 e. The fourth-order valence-corrected chi connectivity index (χ4v) is 1.40. The summed E-state index contributed by atoms with van der Waals surface area (Å²) in [6.07, 6.45) is -0.539. The van der Waals surface area contributed by atoms with Crippen molar-refractivity contribution in [1.82, 2.24) is 0 Å². The van der Waals surface area contributed by atoms with Crippen LogP contribution in [0, 0.1) is 6.92 Å². The molecular formula is C12H18BNO4. The molecule has 3 N–H and O–H groups in total. The minimum absolute atomic E-state index is 0.377. The van der Waals surface area contributed by atoms with Gasteiger partial charge in [0.25, 0.3) is 0 Å². The van der Waals surface area contributed by atoms with Crippen LogP contribution in [0.1, 0.15) is 26.3 Å². The van der Waals surface area contributed by atoms with Crippen molar-refractivity contribution in [3.05, 3.63) is 23.8 Å². The molecule has 0 unspecified atom stereocenters. The Bertz CT molecular complexity index is 440. The van der Waals surface area contributed by atoms with Gasteiger partial charge in [-0.1, -0.05) is 12.1 Å². The molecule has 0 radical (unpaired) electrons. The maximum Gasteiger partial charge on any atom is 0.488 e. The number of carbonyl (C=O) groups is 1. The number of rotatable bonds is 2. The lowest BCUT2D eigenvalue weighted by Gasteiger charge is -2.20. The van der Waals surface area contributed by atoms with Crippen molar-refractivity contribution in [3.63, 3.8) is 0 Å². The van der Waals surface area contributed by atoms with Crippen LogP contribution in [0.2, 0.25) is 0 Å². The maximum absolute atomic E-state index is 11.6. The summed E-state index contributed by atoms with van der Waals surface area (Å²) in [6.45, 7) is 7.11. The number of ether oxygens (including phenoxy) is 1. The van der Waals surface area contributed by atoms with Crippen molar-refractivity contribution < 1.29 is 19.6 Å². The molecule has 1 rings (SSSR count). The summed E-state index contributed by atoms with van der Waals surface area (Å²) in [5.74, 6) is 0. The molecule has 0 aromatic heterocycles. The van der Waals surface area contributed by atoms with Crippen LogP contribution in [-0.2, 0) is 4.74 Å². The summed E-state index contributed by atoms with van der Waals surface area (Å²) in [4.78, 5) is 11.6. The molecular weight excluding hydrogens is 233 g/mol. The predicted octanol–water partition coefficient (Wildman–Crippen LogP) is 1.02. The molecule has 0 aliphatic rings. The first kappa shape index (κ1) is 14.5.